The van der Waals surface area contributed by atoms with Crippen molar-refractivity contribution in [2.75, 3.05) is 4.90 Å². The molecule has 2 heterocycles. The quantitative estimate of drug-likeness (QED) is 0.659. The standard InChI is InChI=1S/C16H12N2O3S2/c1-9-4-5-10(15(20)21)7-12(9)18-14(19)13(23-16(18)22)8-11-3-2-6-17-11/h2-8,17H,1H3,(H,20,21)/b13-8-. The first-order chi connectivity index (χ1) is 11.0. The van der Waals surface area contributed by atoms with Crippen molar-refractivity contribution in [1.82, 2.24) is 4.98 Å². The van der Waals surface area contributed by atoms with Crippen LogP contribution in [0.25, 0.3) is 6.08 Å². The molecule has 0 aliphatic carbocycles. The van der Waals surface area contributed by atoms with Gasteiger partial charge in [-0.1, -0.05) is 30.0 Å². The number of amides is 1. The summed E-state index contributed by atoms with van der Waals surface area (Å²) in [4.78, 5) is 28.7. The molecule has 5 nitrogen and oxygen atoms in total. The second-order valence-corrected chi connectivity index (χ2v) is 6.62. The lowest BCUT2D eigenvalue weighted by Crippen LogP contribution is -2.28. The summed E-state index contributed by atoms with van der Waals surface area (Å²) in [6.07, 6.45) is 3.50. The summed E-state index contributed by atoms with van der Waals surface area (Å²) < 4.78 is 0.387. The molecule has 3 rings (SSSR count). The number of aromatic amines is 1. The molecule has 1 aliphatic heterocycles. The van der Waals surface area contributed by atoms with E-state index < -0.39 is 5.97 Å². The Morgan fingerprint density at radius 1 is 1.39 bits per heavy atom. The molecule has 1 aliphatic rings. The van der Waals surface area contributed by atoms with Gasteiger partial charge >= 0.3 is 5.97 Å². The van der Waals surface area contributed by atoms with Crippen LogP contribution >= 0.6 is 24.0 Å². The van der Waals surface area contributed by atoms with Crippen LogP contribution in [0.2, 0.25) is 0 Å². The van der Waals surface area contributed by atoms with Crippen LogP contribution in [0.4, 0.5) is 5.69 Å². The Balaban J connectivity index is 2.01. The molecule has 7 heteroatoms. The molecule has 0 saturated carbocycles. The number of rotatable bonds is 3. The van der Waals surface area contributed by atoms with E-state index in [4.69, 9.17) is 17.3 Å². The highest BCUT2D eigenvalue weighted by molar-refractivity contribution is 8.27. The maximum Gasteiger partial charge on any atom is 0.335 e. The number of carbonyl (C=O) groups is 2. The molecule has 0 radical (unpaired) electrons. The summed E-state index contributed by atoms with van der Waals surface area (Å²) in [5.41, 5.74) is 2.21. The van der Waals surface area contributed by atoms with Crippen molar-refractivity contribution in [3.63, 3.8) is 0 Å². The average Bonchev–Trinajstić information content (AvgIpc) is 3.09. The van der Waals surface area contributed by atoms with Crippen LogP contribution in [0.5, 0.6) is 0 Å². The number of hydrogen-bond donors (Lipinski definition) is 2. The second-order valence-electron chi connectivity index (χ2n) is 4.95. The molecule has 2 N–H and O–H groups in total. The molecule has 0 atom stereocenters. The number of carboxylic acids is 1. The number of aromatic nitrogens is 1. The number of aryl methyl sites for hydroxylation is 1. The monoisotopic (exact) mass is 344 g/mol. The van der Waals surface area contributed by atoms with Crippen molar-refractivity contribution < 1.29 is 14.7 Å². The van der Waals surface area contributed by atoms with Gasteiger partial charge in [0.15, 0.2) is 4.32 Å². The molecule has 0 spiro atoms. The highest BCUT2D eigenvalue weighted by Gasteiger charge is 2.34. The first-order valence-electron chi connectivity index (χ1n) is 6.72. The lowest BCUT2D eigenvalue weighted by Gasteiger charge is -2.17. The van der Waals surface area contributed by atoms with Crippen LogP contribution < -0.4 is 4.90 Å². The number of nitrogens with one attached hydrogen (secondary N) is 1. The number of carbonyl (C=O) groups excluding carboxylic acids is 1. The third-order valence-corrected chi connectivity index (χ3v) is 4.70. The zero-order chi connectivity index (χ0) is 16.6. The van der Waals surface area contributed by atoms with Gasteiger partial charge in [-0.25, -0.2) is 4.79 Å². The van der Waals surface area contributed by atoms with Crippen molar-refractivity contribution in [3.05, 3.63) is 58.3 Å². The zero-order valence-electron chi connectivity index (χ0n) is 12.1. The predicted molar refractivity (Wildman–Crippen MR) is 94.6 cm³/mol. The zero-order valence-corrected chi connectivity index (χ0v) is 13.7. The van der Waals surface area contributed by atoms with E-state index in [-0.39, 0.29) is 11.5 Å². The van der Waals surface area contributed by atoms with Crippen LogP contribution in [0.3, 0.4) is 0 Å². The number of benzene rings is 1. The third kappa shape index (κ3) is 2.93. The van der Waals surface area contributed by atoms with E-state index in [2.05, 4.69) is 4.98 Å². The SMILES string of the molecule is Cc1ccc(C(=O)O)cc1N1C(=O)/C(=C/c2ccc[nH]2)SC1=S. The Labute approximate surface area is 142 Å². The number of hydrogen-bond acceptors (Lipinski definition) is 4. The highest BCUT2D eigenvalue weighted by atomic mass is 32.2. The summed E-state index contributed by atoms with van der Waals surface area (Å²) in [6, 6.07) is 8.34. The van der Waals surface area contributed by atoms with E-state index in [1.54, 1.807) is 18.3 Å². The minimum absolute atomic E-state index is 0.119. The van der Waals surface area contributed by atoms with E-state index in [1.807, 2.05) is 19.1 Å². The Kier molecular flexibility index (Phi) is 4.06. The molecule has 2 aromatic rings. The minimum Gasteiger partial charge on any atom is -0.478 e. The van der Waals surface area contributed by atoms with Gasteiger partial charge in [-0.3, -0.25) is 9.69 Å². The largest absolute Gasteiger partial charge is 0.478 e. The molecule has 23 heavy (non-hydrogen) atoms. The van der Waals surface area contributed by atoms with E-state index in [1.165, 1.54) is 28.8 Å². The molecule has 1 aromatic carbocycles. The summed E-state index contributed by atoms with van der Waals surface area (Å²) >= 11 is 6.51. The normalized spacial score (nSPS) is 16.4. The number of thioether (sulfide) groups is 1. The fraction of sp³-hybridized carbons (Fsp3) is 0.0625. The maximum absolute atomic E-state index is 12.7. The maximum atomic E-state index is 12.7. The Morgan fingerprint density at radius 2 is 2.17 bits per heavy atom. The fourth-order valence-electron chi connectivity index (χ4n) is 2.23. The predicted octanol–water partition coefficient (Wildman–Crippen LogP) is 3.43. The van der Waals surface area contributed by atoms with Gasteiger partial charge in [-0.2, -0.15) is 0 Å². The molecule has 1 aromatic heterocycles. The van der Waals surface area contributed by atoms with Crippen LogP contribution in [-0.4, -0.2) is 26.3 Å². The third-order valence-electron chi connectivity index (χ3n) is 3.40. The van der Waals surface area contributed by atoms with Gasteiger partial charge < -0.3 is 10.1 Å². The lowest BCUT2D eigenvalue weighted by molar-refractivity contribution is -0.113. The number of H-pyrrole nitrogens is 1. The Hall–Kier alpha value is -2.38. The van der Waals surface area contributed by atoms with Gasteiger partial charge in [0, 0.05) is 11.9 Å². The topological polar surface area (TPSA) is 73.4 Å². The minimum atomic E-state index is -1.04. The number of carboxylic acid groups (broad SMARTS) is 1. The number of aromatic carboxylic acids is 1. The molecular weight excluding hydrogens is 332 g/mol. The second kappa shape index (κ2) is 6.02. The van der Waals surface area contributed by atoms with Crippen LogP contribution in [0, 0.1) is 6.92 Å². The molecule has 1 fully saturated rings. The molecule has 1 saturated heterocycles. The summed E-state index contributed by atoms with van der Waals surface area (Å²) in [5.74, 6) is -1.29. The van der Waals surface area contributed by atoms with E-state index in [0.717, 1.165) is 11.3 Å². The highest BCUT2D eigenvalue weighted by Crippen LogP contribution is 2.37. The van der Waals surface area contributed by atoms with Gasteiger partial charge in [0.25, 0.3) is 5.91 Å². The van der Waals surface area contributed by atoms with E-state index in [0.29, 0.717) is 14.9 Å². The average molecular weight is 344 g/mol. The van der Waals surface area contributed by atoms with Gasteiger partial charge in [0.1, 0.15) is 0 Å². The van der Waals surface area contributed by atoms with E-state index in [9.17, 15) is 9.59 Å². The first kappa shape index (κ1) is 15.5. The van der Waals surface area contributed by atoms with Crippen molar-refractivity contribution in [1.29, 1.82) is 0 Å². The van der Waals surface area contributed by atoms with Gasteiger partial charge in [0.2, 0.25) is 0 Å². The molecule has 0 unspecified atom stereocenters. The molecule has 0 bridgehead atoms. The van der Waals surface area contributed by atoms with Gasteiger partial charge in [-0.15, -0.1) is 0 Å². The van der Waals surface area contributed by atoms with Crippen molar-refractivity contribution >= 4 is 51.9 Å². The Morgan fingerprint density at radius 3 is 2.83 bits per heavy atom. The number of anilines is 1. The Bertz CT molecular complexity index is 841. The van der Waals surface area contributed by atoms with Crippen LogP contribution in [-0.2, 0) is 4.79 Å². The summed E-state index contributed by atoms with van der Waals surface area (Å²) in [7, 11) is 0. The van der Waals surface area contributed by atoms with Crippen LogP contribution in [0.15, 0.2) is 41.4 Å². The van der Waals surface area contributed by atoms with Crippen molar-refractivity contribution in [3.8, 4) is 0 Å². The van der Waals surface area contributed by atoms with Crippen LogP contribution in [0.1, 0.15) is 21.6 Å². The first-order valence-corrected chi connectivity index (χ1v) is 7.95. The summed E-state index contributed by atoms with van der Waals surface area (Å²) in [6.45, 7) is 1.81. The fourth-order valence-corrected chi connectivity index (χ4v) is 3.51. The van der Waals surface area contributed by atoms with Gasteiger partial charge in [-0.05, 0) is 42.8 Å². The van der Waals surface area contributed by atoms with Crippen molar-refractivity contribution in [2.45, 2.75) is 6.92 Å². The van der Waals surface area contributed by atoms with Crippen molar-refractivity contribution in [2.24, 2.45) is 0 Å². The molecule has 1 amide bonds. The van der Waals surface area contributed by atoms with E-state index >= 15 is 0 Å². The lowest BCUT2D eigenvalue weighted by atomic mass is 10.1. The molecule has 116 valence electrons. The number of nitrogens with zero attached hydrogens (tertiary/aromatic N) is 1. The number of thiocarbonyl (C=S) groups is 1. The smallest absolute Gasteiger partial charge is 0.335 e. The molecular formula is C16H12N2O3S2. The van der Waals surface area contributed by atoms with Gasteiger partial charge in [0.05, 0.1) is 16.2 Å². The summed E-state index contributed by atoms with van der Waals surface area (Å²) in [5, 5.41) is 9.14.